The summed E-state index contributed by atoms with van der Waals surface area (Å²) in [6, 6.07) is 16.5. The SMILES string of the molecule is CC(C)c1ccc2ccnc(NCc3ccccc3Cl)c2c1. The van der Waals surface area contributed by atoms with Crippen molar-refractivity contribution in [2.45, 2.75) is 26.3 Å². The Morgan fingerprint density at radius 3 is 2.68 bits per heavy atom. The molecular formula is C19H19ClN2. The average molecular weight is 311 g/mol. The monoisotopic (exact) mass is 310 g/mol. The molecule has 1 heterocycles. The van der Waals surface area contributed by atoms with Crippen molar-refractivity contribution in [3.05, 3.63) is 70.9 Å². The van der Waals surface area contributed by atoms with Crippen LogP contribution in [0.4, 0.5) is 5.82 Å². The lowest BCUT2D eigenvalue weighted by Gasteiger charge is -2.12. The second-order valence-corrected chi connectivity index (χ2v) is 6.15. The minimum absolute atomic E-state index is 0.501. The molecule has 2 nitrogen and oxygen atoms in total. The van der Waals surface area contributed by atoms with Crippen molar-refractivity contribution >= 4 is 28.2 Å². The Kier molecular flexibility index (Phi) is 4.30. The van der Waals surface area contributed by atoms with Gasteiger partial charge in [-0.05, 0) is 40.6 Å². The lowest BCUT2D eigenvalue weighted by molar-refractivity contribution is 0.868. The maximum Gasteiger partial charge on any atom is 0.134 e. The molecule has 0 unspecified atom stereocenters. The van der Waals surface area contributed by atoms with Gasteiger partial charge in [0.15, 0.2) is 0 Å². The van der Waals surface area contributed by atoms with E-state index in [1.165, 1.54) is 10.9 Å². The Morgan fingerprint density at radius 2 is 1.91 bits per heavy atom. The molecule has 0 saturated carbocycles. The molecule has 0 atom stereocenters. The molecule has 3 aromatic rings. The molecule has 3 rings (SSSR count). The van der Waals surface area contributed by atoms with Crippen LogP contribution in [-0.2, 0) is 6.54 Å². The van der Waals surface area contributed by atoms with Gasteiger partial charge in [0, 0.05) is 23.2 Å². The molecule has 0 amide bonds. The molecule has 0 fully saturated rings. The van der Waals surface area contributed by atoms with Gasteiger partial charge in [0.2, 0.25) is 0 Å². The highest BCUT2D eigenvalue weighted by Gasteiger charge is 2.06. The van der Waals surface area contributed by atoms with Crippen LogP contribution in [0.1, 0.15) is 30.9 Å². The Hall–Kier alpha value is -2.06. The lowest BCUT2D eigenvalue weighted by atomic mass is 10.00. The normalized spacial score (nSPS) is 11.1. The van der Waals surface area contributed by atoms with Crippen molar-refractivity contribution in [3.63, 3.8) is 0 Å². The summed E-state index contributed by atoms with van der Waals surface area (Å²) in [5.74, 6) is 1.40. The molecule has 3 heteroatoms. The van der Waals surface area contributed by atoms with Crippen LogP contribution in [0, 0.1) is 0 Å². The van der Waals surface area contributed by atoms with Gasteiger partial charge < -0.3 is 5.32 Å². The molecule has 0 bridgehead atoms. The smallest absolute Gasteiger partial charge is 0.134 e. The van der Waals surface area contributed by atoms with Crippen molar-refractivity contribution < 1.29 is 0 Å². The molecule has 22 heavy (non-hydrogen) atoms. The van der Waals surface area contributed by atoms with Crippen LogP contribution >= 0.6 is 11.6 Å². The first-order valence-corrected chi connectivity index (χ1v) is 7.89. The summed E-state index contributed by atoms with van der Waals surface area (Å²) in [6.07, 6.45) is 1.84. The molecule has 112 valence electrons. The fraction of sp³-hybridized carbons (Fsp3) is 0.211. The van der Waals surface area contributed by atoms with E-state index in [-0.39, 0.29) is 0 Å². The first-order valence-electron chi connectivity index (χ1n) is 7.51. The first-order chi connectivity index (χ1) is 10.6. The molecule has 0 aliphatic heterocycles. The maximum absolute atomic E-state index is 6.22. The third kappa shape index (κ3) is 3.07. The Labute approximate surface area is 136 Å². The van der Waals surface area contributed by atoms with Gasteiger partial charge in [-0.3, -0.25) is 0 Å². The fourth-order valence-corrected chi connectivity index (χ4v) is 2.71. The number of hydrogen-bond donors (Lipinski definition) is 1. The topological polar surface area (TPSA) is 24.9 Å². The van der Waals surface area contributed by atoms with Gasteiger partial charge in [0.25, 0.3) is 0 Å². The number of nitrogens with one attached hydrogen (secondary N) is 1. The average Bonchev–Trinajstić information content (AvgIpc) is 2.53. The minimum atomic E-state index is 0.501. The van der Waals surface area contributed by atoms with Crippen LogP contribution in [0.5, 0.6) is 0 Å². The fourth-order valence-electron chi connectivity index (χ4n) is 2.51. The summed E-state index contributed by atoms with van der Waals surface area (Å²) in [5.41, 5.74) is 2.39. The maximum atomic E-state index is 6.22. The van der Waals surface area contributed by atoms with Crippen LogP contribution in [0.2, 0.25) is 5.02 Å². The number of aromatic nitrogens is 1. The number of pyridine rings is 1. The largest absolute Gasteiger partial charge is 0.365 e. The lowest BCUT2D eigenvalue weighted by Crippen LogP contribution is -2.02. The van der Waals surface area contributed by atoms with Gasteiger partial charge >= 0.3 is 0 Å². The second kappa shape index (κ2) is 6.37. The molecule has 2 aromatic carbocycles. The zero-order valence-electron chi connectivity index (χ0n) is 12.8. The first kappa shape index (κ1) is 14.9. The minimum Gasteiger partial charge on any atom is -0.365 e. The third-order valence-corrected chi connectivity index (χ3v) is 4.23. The van der Waals surface area contributed by atoms with Gasteiger partial charge in [-0.2, -0.15) is 0 Å². The highest BCUT2D eigenvalue weighted by Crippen LogP contribution is 2.26. The summed E-state index contributed by atoms with van der Waals surface area (Å²) in [6.45, 7) is 5.07. The summed E-state index contributed by atoms with van der Waals surface area (Å²) in [4.78, 5) is 4.50. The van der Waals surface area contributed by atoms with E-state index < -0.39 is 0 Å². The summed E-state index contributed by atoms with van der Waals surface area (Å²) in [7, 11) is 0. The zero-order valence-corrected chi connectivity index (χ0v) is 13.6. The number of benzene rings is 2. The number of rotatable bonds is 4. The van der Waals surface area contributed by atoms with Crippen molar-refractivity contribution in [3.8, 4) is 0 Å². The number of halogens is 1. The molecule has 0 aliphatic rings. The van der Waals surface area contributed by atoms with Gasteiger partial charge in [-0.15, -0.1) is 0 Å². The van der Waals surface area contributed by atoms with Crippen molar-refractivity contribution in [1.82, 2.24) is 4.98 Å². The van der Waals surface area contributed by atoms with Gasteiger partial charge in [-0.25, -0.2) is 4.98 Å². The molecule has 0 saturated heterocycles. The quantitative estimate of drug-likeness (QED) is 0.676. The van der Waals surface area contributed by atoms with Gasteiger partial charge in [0.05, 0.1) is 0 Å². The Balaban J connectivity index is 1.93. The highest BCUT2D eigenvalue weighted by atomic mass is 35.5. The predicted octanol–water partition coefficient (Wildman–Crippen LogP) is 5.62. The molecule has 0 radical (unpaired) electrons. The summed E-state index contributed by atoms with van der Waals surface area (Å²) >= 11 is 6.22. The van der Waals surface area contributed by atoms with Crippen molar-refractivity contribution in [1.29, 1.82) is 0 Å². The Bertz CT molecular complexity index is 796. The van der Waals surface area contributed by atoms with E-state index in [9.17, 15) is 0 Å². The van der Waals surface area contributed by atoms with E-state index in [0.717, 1.165) is 21.8 Å². The van der Waals surface area contributed by atoms with Gasteiger partial charge in [0.1, 0.15) is 5.82 Å². The summed E-state index contributed by atoms with van der Waals surface area (Å²) < 4.78 is 0. The van der Waals surface area contributed by atoms with E-state index in [2.05, 4.69) is 42.3 Å². The van der Waals surface area contributed by atoms with Crippen LogP contribution < -0.4 is 5.32 Å². The molecular weight excluding hydrogens is 292 g/mol. The third-order valence-electron chi connectivity index (χ3n) is 3.86. The highest BCUT2D eigenvalue weighted by molar-refractivity contribution is 6.31. The van der Waals surface area contributed by atoms with Gasteiger partial charge in [-0.1, -0.05) is 55.8 Å². The van der Waals surface area contributed by atoms with E-state index in [1.807, 2.05) is 36.5 Å². The Morgan fingerprint density at radius 1 is 1.09 bits per heavy atom. The standard InChI is InChI=1S/C19H19ClN2/c1-13(2)15-8-7-14-9-10-21-19(17(14)11-15)22-12-16-5-3-4-6-18(16)20/h3-11,13H,12H2,1-2H3,(H,21,22). The predicted molar refractivity (Wildman–Crippen MR) is 94.6 cm³/mol. The number of nitrogens with zero attached hydrogens (tertiary/aromatic N) is 1. The van der Waals surface area contributed by atoms with Crippen LogP contribution in [0.3, 0.4) is 0 Å². The number of anilines is 1. The second-order valence-electron chi connectivity index (χ2n) is 5.74. The van der Waals surface area contributed by atoms with E-state index >= 15 is 0 Å². The molecule has 0 aliphatic carbocycles. The number of fused-ring (bicyclic) bond motifs is 1. The molecule has 1 N–H and O–H groups in total. The van der Waals surface area contributed by atoms with E-state index in [0.29, 0.717) is 12.5 Å². The van der Waals surface area contributed by atoms with E-state index in [1.54, 1.807) is 0 Å². The van der Waals surface area contributed by atoms with Crippen LogP contribution in [-0.4, -0.2) is 4.98 Å². The van der Waals surface area contributed by atoms with Crippen LogP contribution in [0.25, 0.3) is 10.8 Å². The number of hydrogen-bond acceptors (Lipinski definition) is 2. The summed E-state index contributed by atoms with van der Waals surface area (Å²) in [5, 5.41) is 6.54. The van der Waals surface area contributed by atoms with Crippen molar-refractivity contribution in [2.24, 2.45) is 0 Å². The zero-order chi connectivity index (χ0) is 15.5. The van der Waals surface area contributed by atoms with Crippen molar-refractivity contribution in [2.75, 3.05) is 5.32 Å². The molecule has 1 aromatic heterocycles. The van der Waals surface area contributed by atoms with E-state index in [4.69, 9.17) is 11.6 Å². The molecule has 0 spiro atoms. The van der Waals surface area contributed by atoms with Crippen LogP contribution in [0.15, 0.2) is 54.7 Å².